The fraction of sp³-hybridized carbons (Fsp3) is 0.0417. The highest BCUT2D eigenvalue weighted by atomic mass is 32.1. The van der Waals surface area contributed by atoms with Gasteiger partial charge in [-0.05, 0) is 29.8 Å². The molecule has 1 N–H and O–H groups in total. The van der Waals surface area contributed by atoms with Crippen molar-refractivity contribution in [3.63, 3.8) is 0 Å². The van der Waals surface area contributed by atoms with Crippen LogP contribution < -0.4 is 11.1 Å². The van der Waals surface area contributed by atoms with E-state index < -0.39 is 5.63 Å². The molecule has 3 aromatic carbocycles. The van der Waals surface area contributed by atoms with Gasteiger partial charge in [-0.15, -0.1) is 11.3 Å². The minimum atomic E-state index is -0.402. The lowest BCUT2D eigenvalue weighted by atomic mass is 10.0. The third-order valence-corrected chi connectivity index (χ3v) is 5.67. The predicted molar refractivity (Wildman–Crippen MR) is 123 cm³/mol. The first kappa shape index (κ1) is 18.3. The number of para-hydroxylation sites is 1. The van der Waals surface area contributed by atoms with Crippen LogP contribution in [0.1, 0.15) is 12.5 Å². The molecule has 0 fully saturated rings. The zero-order valence-corrected chi connectivity index (χ0v) is 16.9. The van der Waals surface area contributed by atoms with Crippen molar-refractivity contribution in [2.45, 2.75) is 6.92 Å². The molecule has 0 aliphatic heterocycles. The molecule has 0 radical (unpaired) electrons. The first-order valence-electron chi connectivity index (χ1n) is 9.46. The Labute approximate surface area is 176 Å². The molecule has 0 amide bonds. The minimum Gasteiger partial charge on any atom is -0.422 e. The third kappa shape index (κ3) is 3.38. The largest absolute Gasteiger partial charge is 0.422 e. The number of nitrogens with one attached hydrogen (secondary N) is 1. The maximum absolute atomic E-state index is 12.4. The van der Waals surface area contributed by atoms with Crippen LogP contribution in [0.15, 0.2) is 92.5 Å². The first-order chi connectivity index (χ1) is 14.7. The molecule has 6 heteroatoms. The van der Waals surface area contributed by atoms with E-state index >= 15 is 0 Å². The molecule has 0 aliphatic carbocycles. The zero-order valence-electron chi connectivity index (χ0n) is 16.1. The number of hydrogen-bond acceptors (Lipinski definition) is 6. The number of hydrazone groups is 1. The van der Waals surface area contributed by atoms with Gasteiger partial charge in [-0.3, -0.25) is 5.43 Å². The van der Waals surface area contributed by atoms with Gasteiger partial charge in [-0.25, -0.2) is 9.78 Å². The van der Waals surface area contributed by atoms with E-state index in [2.05, 4.69) is 39.8 Å². The fourth-order valence-corrected chi connectivity index (χ4v) is 4.07. The van der Waals surface area contributed by atoms with Crippen LogP contribution in [0.3, 0.4) is 0 Å². The van der Waals surface area contributed by atoms with Crippen molar-refractivity contribution in [2.24, 2.45) is 5.10 Å². The van der Waals surface area contributed by atoms with Crippen molar-refractivity contribution in [3.05, 3.63) is 94.2 Å². The van der Waals surface area contributed by atoms with E-state index in [4.69, 9.17) is 4.42 Å². The molecule has 0 saturated carbocycles. The first-order valence-corrected chi connectivity index (χ1v) is 10.3. The molecule has 5 nitrogen and oxygen atoms in total. The topological polar surface area (TPSA) is 67.5 Å². The molecule has 5 aromatic rings. The highest BCUT2D eigenvalue weighted by Gasteiger charge is 2.11. The van der Waals surface area contributed by atoms with Crippen LogP contribution in [-0.2, 0) is 0 Å². The van der Waals surface area contributed by atoms with Gasteiger partial charge in [-0.2, -0.15) is 5.10 Å². The van der Waals surface area contributed by atoms with Gasteiger partial charge < -0.3 is 4.42 Å². The number of rotatable bonds is 4. The molecule has 30 heavy (non-hydrogen) atoms. The van der Waals surface area contributed by atoms with Crippen molar-refractivity contribution >= 4 is 43.9 Å². The third-order valence-electron chi connectivity index (χ3n) is 4.92. The number of anilines is 1. The number of aromatic nitrogens is 1. The second kappa shape index (κ2) is 7.57. The van der Waals surface area contributed by atoms with E-state index in [0.717, 1.165) is 22.0 Å². The van der Waals surface area contributed by atoms with Crippen LogP contribution in [0, 0.1) is 0 Å². The summed E-state index contributed by atoms with van der Waals surface area (Å²) in [5.41, 5.74) is 6.11. The number of thiazole rings is 1. The zero-order chi connectivity index (χ0) is 20.5. The lowest BCUT2D eigenvalue weighted by molar-refractivity contribution is 0.563. The summed E-state index contributed by atoms with van der Waals surface area (Å²) in [5.74, 6) is 0. The minimum absolute atomic E-state index is 0.402. The molecule has 5 rings (SSSR count). The van der Waals surface area contributed by atoms with Crippen LogP contribution in [0.25, 0.3) is 33.0 Å². The van der Waals surface area contributed by atoms with Crippen LogP contribution >= 0.6 is 11.3 Å². The second-order valence-electron chi connectivity index (χ2n) is 6.86. The molecule has 0 atom stereocenters. The summed E-state index contributed by atoms with van der Waals surface area (Å²) in [6, 6.07) is 23.6. The molecule has 2 aromatic heterocycles. The maximum Gasteiger partial charge on any atom is 0.345 e. The summed E-state index contributed by atoms with van der Waals surface area (Å²) in [6.07, 6.45) is 0. The molecule has 0 saturated heterocycles. The number of fused-ring (bicyclic) bond motifs is 2. The van der Waals surface area contributed by atoms with E-state index in [-0.39, 0.29) is 0 Å². The Morgan fingerprint density at radius 1 is 1.00 bits per heavy atom. The Morgan fingerprint density at radius 2 is 1.77 bits per heavy atom. The van der Waals surface area contributed by atoms with Crippen LogP contribution in [-0.4, -0.2) is 10.7 Å². The van der Waals surface area contributed by atoms with Gasteiger partial charge >= 0.3 is 5.63 Å². The second-order valence-corrected chi connectivity index (χ2v) is 7.72. The monoisotopic (exact) mass is 411 g/mol. The Balaban J connectivity index is 1.44. The number of benzene rings is 3. The molecular formula is C24H17N3O2S. The molecule has 0 unspecified atom stereocenters. The van der Waals surface area contributed by atoms with Crippen LogP contribution in [0.2, 0.25) is 0 Å². The van der Waals surface area contributed by atoms with Gasteiger partial charge in [0.05, 0.1) is 17.0 Å². The SMILES string of the molecule is C/C(=N\Nc1nc(-c2cc3ccccc3oc2=O)cs1)c1cccc2ccccc12. The van der Waals surface area contributed by atoms with Gasteiger partial charge in [-0.1, -0.05) is 60.7 Å². The summed E-state index contributed by atoms with van der Waals surface area (Å²) in [5, 5.41) is 10.1. The highest BCUT2D eigenvalue weighted by molar-refractivity contribution is 7.14. The van der Waals surface area contributed by atoms with E-state index in [9.17, 15) is 4.79 Å². The summed E-state index contributed by atoms with van der Waals surface area (Å²) in [4.78, 5) is 16.9. The summed E-state index contributed by atoms with van der Waals surface area (Å²) in [7, 11) is 0. The predicted octanol–water partition coefficient (Wildman–Crippen LogP) is 5.91. The van der Waals surface area contributed by atoms with Crippen molar-refractivity contribution in [1.29, 1.82) is 0 Å². The molecule has 0 spiro atoms. The summed E-state index contributed by atoms with van der Waals surface area (Å²) in [6.45, 7) is 1.96. The number of nitrogens with zero attached hydrogens (tertiary/aromatic N) is 2. The summed E-state index contributed by atoms with van der Waals surface area (Å²) < 4.78 is 5.41. The molecule has 146 valence electrons. The van der Waals surface area contributed by atoms with E-state index in [1.807, 2.05) is 54.8 Å². The fourth-order valence-electron chi connectivity index (χ4n) is 3.42. The Hall–Kier alpha value is -3.77. The average Bonchev–Trinajstić information content (AvgIpc) is 3.25. The van der Waals surface area contributed by atoms with Gasteiger partial charge in [0.25, 0.3) is 0 Å². The Bertz CT molecular complexity index is 1460. The molecular weight excluding hydrogens is 394 g/mol. The highest BCUT2D eigenvalue weighted by Crippen LogP contribution is 2.25. The van der Waals surface area contributed by atoms with Crippen LogP contribution in [0.5, 0.6) is 0 Å². The van der Waals surface area contributed by atoms with Crippen molar-refractivity contribution in [1.82, 2.24) is 4.98 Å². The van der Waals surface area contributed by atoms with E-state index in [0.29, 0.717) is 22.0 Å². The lowest BCUT2D eigenvalue weighted by Crippen LogP contribution is -2.03. The van der Waals surface area contributed by atoms with Crippen molar-refractivity contribution in [3.8, 4) is 11.3 Å². The van der Waals surface area contributed by atoms with Gasteiger partial charge in [0.1, 0.15) is 5.58 Å². The molecule has 0 aliphatic rings. The van der Waals surface area contributed by atoms with Crippen LogP contribution in [0.4, 0.5) is 5.13 Å². The van der Waals surface area contributed by atoms with E-state index in [1.165, 1.54) is 16.7 Å². The lowest BCUT2D eigenvalue weighted by Gasteiger charge is -2.06. The standard InChI is InChI=1S/C24H17N3O2S/c1-15(18-11-6-9-16-7-2-4-10-19(16)18)26-27-24-25-21(14-30-24)20-13-17-8-3-5-12-22(17)29-23(20)28/h2-14H,1H3,(H,25,27)/b26-15+. The molecule has 2 heterocycles. The van der Waals surface area contributed by atoms with Gasteiger partial charge in [0.2, 0.25) is 5.13 Å². The summed E-state index contributed by atoms with van der Waals surface area (Å²) >= 11 is 1.39. The van der Waals surface area contributed by atoms with Crippen molar-refractivity contribution in [2.75, 3.05) is 5.43 Å². The maximum atomic E-state index is 12.4. The molecule has 0 bridgehead atoms. The quantitative estimate of drug-likeness (QED) is 0.227. The van der Waals surface area contributed by atoms with E-state index in [1.54, 1.807) is 6.07 Å². The Kier molecular flexibility index (Phi) is 4.61. The normalized spacial score (nSPS) is 11.8. The van der Waals surface area contributed by atoms with Gasteiger partial charge in [0, 0.05) is 16.3 Å². The Morgan fingerprint density at radius 3 is 2.67 bits per heavy atom. The van der Waals surface area contributed by atoms with Gasteiger partial charge in [0.15, 0.2) is 0 Å². The van der Waals surface area contributed by atoms with Crippen molar-refractivity contribution < 1.29 is 4.42 Å². The average molecular weight is 411 g/mol. The number of hydrogen-bond donors (Lipinski definition) is 1. The smallest absolute Gasteiger partial charge is 0.345 e.